The van der Waals surface area contributed by atoms with E-state index in [1.807, 2.05) is 0 Å². The van der Waals surface area contributed by atoms with E-state index in [2.05, 4.69) is 17.2 Å². The highest BCUT2D eigenvalue weighted by atomic mass is 19.1. The highest BCUT2D eigenvalue weighted by Gasteiger charge is 1.98. The first-order chi connectivity index (χ1) is 6.72. The molecule has 2 N–H and O–H groups in total. The number of hydrogen-bond donors (Lipinski definition) is 2. The average molecular weight is 193 g/mol. The van der Waals surface area contributed by atoms with E-state index >= 15 is 0 Å². The van der Waals surface area contributed by atoms with Gasteiger partial charge in [-0.1, -0.05) is 5.92 Å². The van der Waals surface area contributed by atoms with E-state index < -0.39 is 5.82 Å². The fraction of sp³-hybridized carbons (Fsp3) is 0.273. The monoisotopic (exact) mass is 193 g/mol. The van der Waals surface area contributed by atoms with Crippen LogP contribution in [0.25, 0.3) is 0 Å². The molecule has 3 heteroatoms. The minimum atomic E-state index is -0.427. The third-order valence-electron chi connectivity index (χ3n) is 1.66. The number of aromatic hydroxyl groups is 1. The van der Waals surface area contributed by atoms with Crippen molar-refractivity contribution in [3.8, 4) is 17.6 Å². The Morgan fingerprint density at radius 3 is 2.86 bits per heavy atom. The van der Waals surface area contributed by atoms with E-state index in [1.54, 1.807) is 6.92 Å². The summed E-state index contributed by atoms with van der Waals surface area (Å²) in [6, 6.07) is 3.98. The van der Waals surface area contributed by atoms with E-state index in [4.69, 9.17) is 5.11 Å². The van der Waals surface area contributed by atoms with Crippen LogP contribution in [0.3, 0.4) is 0 Å². The molecule has 0 radical (unpaired) electrons. The van der Waals surface area contributed by atoms with Crippen LogP contribution in [0, 0.1) is 17.7 Å². The minimum absolute atomic E-state index is 0.0524. The van der Waals surface area contributed by atoms with Gasteiger partial charge in [-0.2, -0.15) is 0 Å². The third kappa shape index (κ3) is 3.46. The molecule has 1 rings (SSSR count). The van der Waals surface area contributed by atoms with Crippen LogP contribution in [-0.4, -0.2) is 11.7 Å². The topological polar surface area (TPSA) is 32.3 Å². The molecule has 0 bridgehead atoms. The van der Waals surface area contributed by atoms with Gasteiger partial charge in [0.05, 0.1) is 6.54 Å². The largest absolute Gasteiger partial charge is 0.508 e. The molecular weight excluding hydrogens is 181 g/mol. The summed E-state index contributed by atoms with van der Waals surface area (Å²) < 4.78 is 12.8. The SMILES string of the molecule is CC#CCNCc1cc(O)cc(F)c1. The van der Waals surface area contributed by atoms with Gasteiger partial charge in [-0.25, -0.2) is 4.39 Å². The van der Waals surface area contributed by atoms with Crippen molar-refractivity contribution in [3.05, 3.63) is 29.6 Å². The molecule has 0 spiro atoms. The van der Waals surface area contributed by atoms with Crippen molar-refractivity contribution in [3.63, 3.8) is 0 Å². The highest BCUT2D eigenvalue weighted by molar-refractivity contribution is 5.28. The van der Waals surface area contributed by atoms with Gasteiger partial charge in [0.1, 0.15) is 11.6 Å². The van der Waals surface area contributed by atoms with Crippen LogP contribution in [0.5, 0.6) is 5.75 Å². The molecule has 1 aromatic rings. The Morgan fingerprint density at radius 2 is 2.21 bits per heavy atom. The van der Waals surface area contributed by atoms with Crippen LogP contribution in [-0.2, 0) is 6.54 Å². The summed E-state index contributed by atoms with van der Waals surface area (Å²) in [6.07, 6.45) is 0. The Hall–Kier alpha value is -1.53. The summed E-state index contributed by atoms with van der Waals surface area (Å²) in [6.45, 7) is 2.82. The summed E-state index contributed by atoms with van der Waals surface area (Å²) in [7, 11) is 0. The van der Waals surface area contributed by atoms with Crippen LogP contribution in [0.1, 0.15) is 12.5 Å². The maximum atomic E-state index is 12.8. The van der Waals surface area contributed by atoms with Crippen molar-refractivity contribution in [2.24, 2.45) is 0 Å². The molecule has 14 heavy (non-hydrogen) atoms. The molecule has 74 valence electrons. The lowest BCUT2D eigenvalue weighted by Crippen LogP contribution is -2.13. The number of benzene rings is 1. The number of nitrogens with one attached hydrogen (secondary N) is 1. The van der Waals surface area contributed by atoms with Crippen molar-refractivity contribution in [1.29, 1.82) is 0 Å². The van der Waals surface area contributed by atoms with Gasteiger partial charge in [0.2, 0.25) is 0 Å². The van der Waals surface area contributed by atoms with Gasteiger partial charge in [-0.3, -0.25) is 0 Å². The molecule has 0 heterocycles. The highest BCUT2D eigenvalue weighted by Crippen LogP contribution is 2.13. The van der Waals surface area contributed by atoms with Crippen molar-refractivity contribution >= 4 is 0 Å². The predicted octanol–water partition coefficient (Wildman–Crippen LogP) is 1.64. The lowest BCUT2D eigenvalue weighted by molar-refractivity contribution is 0.467. The Morgan fingerprint density at radius 1 is 1.43 bits per heavy atom. The first kappa shape index (κ1) is 10.6. The van der Waals surface area contributed by atoms with E-state index in [0.717, 1.165) is 6.07 Å². The molecule has 0 aliphatic rings. The quantitative estimate of drug-likeness (QED) is 0.565. The van der Waals surface area contributed by atoms with E-state index in [0.29, 0.717) is 18.7 Å². The predicted molar refractivity (Wildman–Crippen MR) is 53.2 cm³/mol. The van der Waals surface area contributed by atoms with E-state index in [1.165, 1.54) is 12.1 Å². The second-order valence-corrected chi connectivity index (χ2v) is 2.85. The van der Waals surface area contributed by atoms with Crippen LogP contribution < -0.4 is 5.32 Å². The van der Waals surface area contributed by atoms with Crippen LogP contribution >= 0.6 is 0 Å². The molecule has 0 aliphatic carbocycles. The number of rotatable bonds is 3. The molecule has 0 saturated carbocycles. The Kier molecular flexibility index (Phi) is 3.96. The van der Waals surface area contributed by atoms with E-state index in [9.17, 15) is 4.39 Å². The molecule has 0 amide bonds. The van der Waals surface area contributed by atoms with Crippen molar-refractivity contribution < 1.29 is 9.50 Å². The lowest BCUT2D eigenvalue weighted by atomic mass is 10.2. The second kappa shape index (κ2) is 5.25. The van der Waals surface area contributed by atoms with Crippen LogP contribution in [0.4, 0.5) is 4.39 Å². The lowest BCUT2D eigenvalue weighted by Gasteiger charge is -2.02. The first-order valence-corrected chi connectivity index (χ1v) is 4.31. The molecule has 0 aromatic heterocycles. The molecular formula is C11H12FNO. The summed E-state index contributed by atoms with van der Waals surface area (Å²) in [5, 5.41) is 12.1. The number of hydrogen-bond acceptors (Lipinski definition) is 2. The molecule has 0 atom stereocenters. The normalized spacial score (nSPS) is 9.29. The fourth-order valence-corrected chi connectivity index (χ4v) is 1.09. The fourth-order valence-electron chi connectivity index (χ4n) is 1.09. The first-order valence-electron chi connectivity index (χ1n) is 4.31. The van der Waals surface area contributed by atoms with Gasteiger partial charge in [0.15, 0.2) is 0 Å². The van der Waals surface area contributed by atoms with Gasteiger partial charge in [-0.15, -0.1) is 5.92 Å². The number of phenols is 1. The smallest absolute Gasteiger partial charge is 0.127 e. The molecule has 0 saturated heterocycles. The summed E-state index contributed by atoms with van der Waals surface area (Å²) in [5.74, 6) is 5.09. The van der Waals surface area contributed by atoms with Crippen LogP contribution in [0.15, 0.2) is 18.2 Å². The van der Waals surface area contributed by atoms with Crippen LogP contribution in [0.2, 0.25) is 0 Å². The molecule has 1 aromatic carbocycles. The number of phenolic OH excluding ortho intramolecular Hbond substituents is 1. The summed E-state index contributed by atoms with van der Waals surface area (Å²) >= 11 is 0. The third-order valence-corrected chi connectivity index (χ3v) is 1.66. The van der Waals surface area contributed by atoms with Gasteiger partial charge < -0.3 is 10.4 Å². The summed E-state index contributed by atoms with van der Waals surface area (Å²) in [5.41, 5.74) is 0.709. The van der Waals surface area contributed by atoms with Gasteiger partial charge in [0.25, 0.3) is 0 Å². The van der Waals surface area contributed by atoms with E-state index in [-0.39, 0.29) is 5.75 Å². The zero-order valence-corrected chi connectivity index (χ0v) is 7.97. The maximum Gasteiger partial charge on any atom is 0.127 e. The molecule has 2 nitrogen and oxygen atoms in total. The maximum absolute atomic E-state index is 12.8. The second-order valence-electron chi connectivity index (χ2n) is 2.85. The van der Waals surface area contributed by atoms with Crippen molar-refractivity contribution in [2.45, 2.75) is 13.5 Å². The zero-order chi connectivity index (χ0) is 10.4. The van der Waals surface area contributed by atoms with Gasteiger partial charge in [0, 0.05) is 12.6 Å². The molecule has 0 unspecified atom stereocenters. The number of halogens is 1. The minimum Gasteiger partial charge on any atom is -0.508 e. The standard InChI is InChI=1S/C11H12FNO/c1-2-3-4-13-8-9-5-10(12)7-11(14)6-9/h5-7,13-14H,4,8H2,1H3. The van der Waals surface area contributed by atoms with Crippen molar-refractivity contribution in [2.75, 3.05) is 6.54 Å². The Balaban J connectivity index is 2.53. The Bertz CT molecular complexity index is 345. The molecule has 0 fully saturated rings. The zero-order valence-electron chi connectivity index (χ0n) is 7.97. The molecule has 0 aliphatic heterocycles. The Labute approximate surface area is 82.8 Å². The summed E-state index contributed by atoms with van der Waals surface area (Å²) in [4.78, 5) is 0. The average Bonchev–Trinajstić information content (AvgIpc) is 2.11. The van der Waals surface area contributed by atoms with Gasteiger partial charge >= 0.3 is 0 Å². The van der Waals surface area contributed by atoms with Crippen molar-refractivity contribution in [1.82, 2.24) is 5.32 Å². The van der Waals surface area contributed by atoms with Gasteiger partial charge in [-0.05, 0) is 24.6 Å².